The van der Waals surface area contributed by atoms with E-state index in [-0.39, 0.29) is 42.9 Å². The third kappa shape index (κ3) is 3.07. The van der Waals surface area contributed by atoms with Crippen molar-refractivity contribution in [1.29, 1.82) is 0 Å². The van der Waals surface area contributed by atoms with Gasteiger partial charge in [0, 0.05) is 12.7 Å². The van der Waals surface area contributed by atoms with Crippen molar-refractivity contribution < 1.29 is 9.53 Å². The van der Waals surface area contributed by atoms with Gasteiger partial charge in [0.2, 0.25) is 0 Å². The second-order valence-electron chi connectivity index (χ2n) is 3.26. The van der Waals surface area contributed by atoms with Crippen molar-refractivity contribution in [2.75, 3.05) is 13.7 Å². The molecule has 6 nitrogen and oxygen atoms in total. The molecule has 0 amide bonds. The molecule has 0 aliphatic carbocycles. The van der Waals surface area contributed by atoms with Crippen molar-refractivity contribution in [1.82, 2.24) is 20.3 Å². The van der Waals surface area contributed by atoms with Crippen molar-refractivity contribution in [2.45, 2.75) is 18.5 Å². The third-order valence-corrected chi connectivity index (χ3v) is 2.41. The first-order chi connectivity index (χ1) is 6.81. The first kappa shape index (κ1) is 15.2. The molecule has 2 heterocycles. The fraction of sp³-hybridized carbons (Fsp3) is 0.625. The van der Waals surface area contributed by atoms with E-state index < -0.39 is 0 Å². The minimum atomic E-state index is -0.215. The molecule has 0 spiro atoms. The molecule has 1 fully saturated rings. The first-order valence-corrected chi connectivity index (χ1v) is 4.48. The van der Waals surface area contributed by atoms with E-state index in [9.17, 15) is 4.79 Å². The van der Waals surface area contributed by atoms with Crippen LogP contribution in [0.25, 0.3) is 0 Å². The Bertz CT molecular complexity index is 320. The fourth-order valence-electron chi connectivity index (χ4n) is 1.65. The molecule has 92 valence electrons. The van der Waals surface area contributed by atoms with Gasteiger partial charge in [-0.15, -0.1) is 29.9 Å². The highest BCUT2D eigenvalue weighted by atomic mass is 35.5. The van der Waals surface area contributed by atoms with Crippen molar-refractivity contribution in [2.24, 2.45) is 0 Å². The van der Waals surface area contributed by atoms with Crippen LogP contribution in [0, 0.1) is 0 Å². The summed E-state index contributed by atoms with van der Waals surface area (Å²) < 4.78 is 6.41. The van der Waals surface area contributed by atoms with Crippen LogP contribution in [0.4, 0.5) is 0 Å². The van der Waals surface area contributed by atoms with Crippen molar-refractivity contribution in [3.05, 3.63) is 12.4 Å². The number of aromatic nitrogens is 3. The van der Waals surface area contributed by atoms with Crippen molar-refractivity contribution in [3.63, 3.8) is 0 Å². The zero-order valence-corrected chi connectivity index (χ0v) is 10.3. The Morgan fingerprint density at radius 3 is 2.88 bits per heavy atom. The normalized spacial score (nSPS) is 23.1. The van der Waals surface area contributed by atoms with Gasteiger partial charge in [-0.3, -0.25) is 4.79 Å². The van der Waals surface area contributed by atoms with Crippen LogP contribution < -0.4 is 5.32 Å². The van der Waals surface area contributed by atoms with Crippen LogP contribution in [0.1, 0.15) is 12.5 Å². The van der Waals surface area contributed by atoms with Gasteiger partial charge in [-0.25, -0.2) is 4.68 Å². The number of hydrogen-bond acceptors (Lipinski definition) is 5. The molecule has 16 heavy (non-hydrogen) atoms. The maximum atomic E-state index is 11.2. The van der Waals surface area contributed by atoms with Crippen LogP contribution in [-0.2, 0) is 9.53 Å². The molecule has 1 aromatic rings. The fourth-order valence-corrected chi connectivity index (χ4v) is 1.65. The van der Waals surface area contributed by atoms with Crippen LogP contribution in [0.3, 0.4) is 0 Å². The Balaban J connectivity index is 0.00000112. The zero-order valence-electron chi connectivity index (χ0n) is 8.70. The Labute approximate surface area is 106 Å². The number of esters is 1. The lowest BCUT2D eigenvalue weighted by Gasteiger charge is -2.08. The molecule has 1 saturated heterocycles. The summed E-state index contributed by atoms with van der Waals surface area (Å²) >= 11 is 0. The second-order valence-corrected chi connectivity index (χ2v) is 3.26. The smallest absolute Gasteiger partial charge is 0.322 e. The van der Waals surface area contributed by atoms with E-state index in [0.717, 1.165) is 6.54 Å². The number of ether oxygens (including phenoxy) is 1. The van der Waals surface area contributed by atoms with Crippen LogP contribution in [-0.4, -0.2) is 40.7 Å². The Kier molecular flexibility index (Phi) is 6.32. The lowest BCUT2D eigenvalue weighted by Crippen LogP contribution is -2.31. The van der Waals surface area contributed by atoms with Gasteiger partial charge in [0.15, 0.2) is 0 Å². The topological polar surface area (TPSA) is 69.0 Å². The van der Waals surface area contributed by atoms with Crippen molar-refractivity contribution >= 4 is 30.8 Å². The number of halogens is 2. The number of rotatable bonds is 2. The summed E-state index contributed by atoms with van der Waals surface area (Å²) in [5.74, 6) is -0.215. The maximum absolute atomic E-state index is 11.2. The van der Waals surface area contributed by atoms with Crippen LogP contribution in [0.2, 0.25) is 0 Å². The minimum Gasteiger partial charge on any atom is -0.468 e. The number of carbonyl (C=O) groups is 1. The van der Waals surface area contributed by atoms with Crippen molar-refractivity contribution in [3.8, 4) is 0 Å². The van der Waals surface area contributed by atoms with Gasteiger partial charge in [-0.1, -0.05) is 5.21 Å². The third-order valence-electron chi connectivity index (χ3n) is 2.41. The highest BCUT2D eigenvalue weighted by molar-refractivity contribution is 5.85. The Morgan fingerprint density at radius 1 is 1.56 bits per heavy atom. The molecule has 0 radical (unpaired) electrons. The summed E-state index contributed by atoms with van der Waals surface area (Å²) in [5.41, 5.74) is 0. The molecular formula is C8H14Cl2N4O2. The van der Waals surface area contributed by atoms with E-state index in [2.05, 4.69) is 20.4 Å². The van der Waals surface area contributed by atoms with E-state index in [0.29, 0.717) is 6.42 Å². The number of methoxy groups -OCH3 is 1. The van der Waals surface area contributed by atoms with Crippen LogP contribution in [0.5, 0.6) is 0 Å². The number of hydrogen-bond donors (Lipinski definition) is 1. The lowest BCUT2D eigenvalue weighted by molar-refractivity contribution is -0.142. The molecule has 1 N–H and O–H groups in total. The van der Waals surface area contributed by atoms with Crippen LogP contribution in [0.15, 0.2) is 12.4 Å². The summed E-state index contributed by atoms with van der Waals surface area (Å²) in [6, 6.07) is -0.0178. The summed E-state index contributed by atoms with van der Waals surface area (Å²) in [6.07, 6.45) is 4.13. The predicted octanol–water partition coefficient (Wildman–Crippen LogP) is 0.198. The molecule has 2 rings (SSSR count). The number of carbonyl (C=O) groups excluding carboxylic acids is 1. The lowest BCUT2D eigenvalue weighted by atomic mass is 10.2. The number of nitrogens with one attached hydrogen (secondary N) is 1. The Morgan fingerprint density at radius 2 is 2.31 bits per heavy atom. The van der Waals surface area contributed by atoms with Gasteiger partial charge >= 0.3 is 5.97 Å². The highest BCUT2D eigenvalue weighted by Gasteiger charge is 2.31. The van der Waals surface area contributed by atoms with Gasteiger partial charge in [-0.05, 0) is 6.42 Å². The molecule has 0 unspecified atom stereocenters. The van der Waals surface area contributed by atoms with E-state index in [4.69, 9.17) is 0 Å². The first-order valence-electron chi connectivity index (χ1n) is 4.48. The molecule has 1 aromatic heterocycles. The summed E-state index contributed by atoms with van der Waals surface area (Å²) in [6.45, 7) is 0.725. The molecule has 1 aliphatic heterocycles. The Hall–Kier alpha value is -0.850. The molecule has 0 aromatic carbocycles. The summed E-state index contributed by atoms with van der Waals surface area (Å²) in [7, 11) is 1.40. The number of nitrogens with zero attached hydrogens (tertiary/aromatic N) is 3. The zero-order chi connectivity index (χ0) is 9.97. The summed E-state index contributed by atoms with van der Waals surface area (Å²) in [5, 5.41) is 10.7. The molecule has 8 heteroatoms. The van der Waals surface area contributed by atoms with Gasteiger partial charge < -0.3 is 10.1 Å². The standard InChI is InChI=1S/C8H12N4O2.2ClH/c1-14-8(13)7-4-6(5-9-7)12-3-2-10-11-12;;/h2-3,6-7,9H,4-5H2,1H3;2*1H/t6-,7+;;/m0../s1. The average molecular weight is 269 g/mol. The monoisotopic (exact) mass is 268 g/mol. The molecule has 2 atom stereocenters. The van der Waals surface area contributed by atoms with E-state index >= 15 is 0 Å². The minimum absolute atomic E-state index is 0. The molecule has 0 bridgehead atoms. The van der Waals surface area contributed by atoms with Gasteiger partial charge in [0.1, 0.15) is 6.04 Å². The highest BCUT2D eigenvalue weighted by Crippen LogP contribution is 2.18. The average Bonchev–Trinajstić information content (AvgIpc) is 2.86. The summed E-state index contributed by atoms with van der Waals surface area (Å²) in [4.78, 5) is 11.2. The molecule has 1 aliphatic rings. The van der Waals surface area contributed by atoms with Gasteiger partial charge in [0.05, 0.1) is 19.3 Å². The molecular weight excluding hydrogens is 255 g/mol. The second kappa shape index (κ2) is 6.67. The van der Waals surface area contributed by atoms with Gasteiger partial charge in [-0.2, -0.15) is 0 Å². The van der Waals surface area contributed by atoms with E-state index in [1.54, 1.807) is 17.1 Å². The largest absolute Gasteiger partial charge is 0.468 e. The maximum Gasteiger partial charge on any atom is 0.322 e. The van der Waals surface area contributed by atoms with E-state index in [1.807, 2.05) is 0 Å². The van der Waals surface area contributed by atoms with Crippen LogP contribution >= 0.6 is 24.8 Å². The quantitative estimate of drug-likeness (QED) is 0.777. The predicted molar refractivity (Wildman–Crippen MR) is 62.0 cm³/mol. The van der Waals surface area contributed by atoms with E-state index in [1.165, 1.54) is 7.11 Å². The SMILES string of the molecule is COC(=O)[C@H]1C[C@H](n2ccnn2)CN1.Cl.Cl. The molecule has 0 saturated carbocycles. The van der Waals surface area contributed by atoms with Gasteiger partial charge in [0.25, 0.3) is 0 Å².